The summed E-state index contributed by atoms with van der Waals surface area (Å²) in [5, 5.41) is 10.0. The maximum absolute atomic E-state index is 6.42. The molecule has 119 heavy (non-hydrogen) atoms. The molecule has 10 aliphatic rings. The average molecular weight is 1730 g/mol. The standard InChI is InChI=1S/C22H29NO.C20H31NO4.2C20H27NO2S.C18H26BrNO2/c1-2-11-20-18(8-1)9-7-10-19(20)14-17-24-22-13-4-3-12-21(22)23-15-5-6-16-23;1-22-19-8-7-16(15-20(19)23-2)9-12-25-18-6-4-3-5-17(18)21-10-13-24-14-11-21;1-4-8-20-17(5-1)16(15-24-20)9-12-23-19-7-3-2-6-18(19)21-10-13-22-14-11-21;1-2-6-19(18(5-1)21-10-13-22-14-11-21)23-12-8-16-4-3-7-20-17(16)9-15-24-20;19-16-5-3-4-15(14-16)8-11-22-18-7-2-1-6-17(18)20-9-12-21-13-10-20/h1-2,7-11,21-22H,3-6,12-17H2;7-8,15,17-18H,3-6,9-14H2,1-2H3;1,4-5,8,15,18-19H,2-3,6-7,9-14H2;3-4,7,9,15,18-19H,1-2,5-6,8,10-14H2;3-5,14,17-18H,1-2,6-13H2/t21?,22-;17?,18-;2*18?,19-;17?,18-/m00000/s1. The van der Waals surface area contributed by atoms with Gasteiger partial charge >= 0.3 is 0 Å². The summed E-state index contributed by atoms with van der Waals surface area (Å²) in [6, 6.07) is 50.5. The average Bonchev–Trinajstić information content (AvgIpc) is 1.77. The lowest BCUT2D eigenvalue weighted by atomic mass is 9.91. The Balaban J connectivity index is 0.000000122. The highest BCUT2D eigenvalue weighted by atomic mass is 79.9. The zero-order chi connectivity index (χ0) is 81.3. The topological polar surface area (TPSA) is 118 Å². The zero-order valence-electron chi connectivity index (χ0n) is 71.9. The molecule has 19 heteroatoms. The van der Waals surface area contributed by atoms with Crippen LogP contribution in [0, 0.1) is 0 Å². The number of morpholine rings is 4. The fraction of sp³-hybridized carbons (Fsp3) is 0.620. The first-order chi connectivity index (χ1) is 58.9. The van der Waals surface area contributed by atoms with Gasteiger partial charge in [-0.05, 0) is 225 Å². The predicted molar refractivity (Wildman–Crippen MR) is 490 cm³/mol. The van der Waals surface area contributed by atoms with E-state index in [9.17, 15) is 0 Å². The van der Waals surface area contributed by atoms with Gasteiger partial charge in [0.25, 0.3) is 0 Å². The van der Waals surface area contributed by atoms with Gasteiger partial charge in [0.1, 0.15) is 0 Å². The van der Waals surface area contributed by atoms with Gasteiger partial charge in [0.15, 0.2) is 11.5 Å². The molecule has 16 nitrogen and oxygen atoms in total. The van der Waals surface area contributed by atoms with Crippen LogP contribution in [0.25, 0.3) is 30.9 Å². The first-order valence-corrected chi connectivity index (χ1v) is 48.9. The molecule has 10 fully saturated rings. The number of likely N-dealkylation sites (tertiary alicyclic amines) is 1. The Kier molecular flexibility index (Phi) is 37.7. The van der Waals surface area contributed by atoms with Crippen LogP contribution in [0.4, 0.5) is 0 Å². The van der Waals surface area contributed by atoms with Crippen LogP contribution in [0.5, 0.6) is 11.5 Å². The summed E-state index contributed by atoms with van der Waals surface area (Å²) >= 11 is 7.20. The van der Waals surface area contributed by atoms with Crippen molar-refractivity contribution in [2.45, 2.75) is 234 Å². The monoisotopic (exact) mass is 1730 g/mol. The Morgan fingerprint density at radius 1 is 0.319 bits per heavy atom. The number of methoxy groups -OCH3 is 2. The normalized spacial score (nSPS) is 25.8. The van der Waals surface area contributed by atoms with Crippen LogP contribution in [0.1, 0.15) is 169 Å². The molecular weight excluding hydrogens is 1590 g/mol. The van der Waals surface area contributed by atoms with Crippen molar-refractivity contribution < 1.29 is 52.1 Å². The van der Waals surface area contributed by atoms with E-state index in [4.69, 9.17) is 52.1 Å². The molecule has 0 N–H and O–H groups in total. The predicted octanol–water partition coefficient (Wildman–Crippen LogP) is 19.6. The number of thiophene rings is 2. The van der Waals surface area contributed by atoms with Crippen LogP contribution in [0.3, 0.4) is 0 Å². The number of benzene rings is 6. The maximum Gasteiger partial charge on any atom is 0.160 e. The minimum Gasteiger partial charge on any atom is -0.493 e. The molecule has 0 spiro atoms. The van der Waals surface area contributed by atoms with Crippen LogP contribution in [-0.2, 0) is 74.7 Å². The number of hydrogen-bond donors (Lipinski definition) is 0. The molecule has 5 saturated carbocycles. The molecule has 18 rings (SSSR count). The third-order valence-corrected chi connectivity index (χ3v) is 29.3. The molecular formula is C100H140BrN5O11S2. The first kappa shape index (κ1) is 90.3. The molecule has 5 unspecified atom stereocenters. The number of nitrogens with zero attached hydrogens (tertiary/aromatic N) is 5. The lowest BCUT2D eigenvalue weighted by molar-refractivity contribution is -0.0648. The van der Waals surface area contributed by atoms with E-state index < -0.39 is 0 Å². The second-order valence-electron chi connectivity index (χ2n) is 34.4. The minimum atomic E-state index is 0.354. The van der Waals surface area contributed by atoms with Crippen LogP contribution in [0.2, 0.25) is 0 Å². The first-order valence-electron chi connectivity index (χ1n) is 46.3. The van der Waals surface area contributed by atoms with Gasteiger partial charge in [0.2, 0.25) is 0 Å². The van der Waals surface area contributed by atoms with Gasteiger partial charge in [-0.25, -0.2) is 0 Å². The van der Waals surface area contributed by atoms with Crippen molar-refractivity contribution in [3.63, 3.8) is 0 Å². The van der Waals surface area contributed by atoms with Gasteiger partial charge in [-0.3, -0.25) is 24.5 Å². The van der Waals surface area contributed by atoms with Crippen molar-refractivity contribution in [3.8, 4) is 11.5 Å². The summed E-state index contributed by atoms with van der Waals surface area (Å²) < 4.78 is 68.5. The van der Waals surface area contributed by atoms with Gasteiger partial charge < -0.3 is 52.1 Å². The van der Waals surface area contributed by atoms with E-state index in [0.29, 0.717) is 60.7 Å². The summed E-state index contributed by atoms with van der Waals surface area (Å²) in [6.07, 6.45) is 35.5. The Morgan fingerprint density at radius 3 is 1.15 bits per heavy atom. The molecule has 0 amide bonds. The van der Waals surface area contributed by atoms with Crippen LogP contribution < -0.4 is 9.47 Å². The van der Waals surface area contributed by atoms with Crippen molar-refractivity contribution in [1.29, 1.82) is 0 Å². The van der Waals surface area contributed by atoms with E-state index in [1.807, 2.05) is 34.8 Å². The number of fused-ring (bicyclic) bond motifs is 3. The van der Waals surface area contributed by atoms with Gasteiger partial charge in [-0.15, -0.1) is 22.7 Å². The quantitative estimate of drug-likeness (QED) is 0.0485. The molecule has 6 aromatic carbocycles. The molecule has 10 atom stereocenters. The van der Waals surface area contributed by atoms with Crippen molar-refractivity contribution >= 4 is 69.5 Å². The van der Waals surface area contributed by atoms with Gasteiger partial charge in [-0.1, -0.05) is 171 Å². The number of ether oxygens (including phenoxy) is 11. The van der Waals surface area contributed by atoms with E-state index in [1.54, 1.807) is 14.2 Å². The van der Waals surface area contributed by atoms with E-state index in [-0.39, 0.29) is 0 Å². The van der Waals surface area contributed by atoms with Gasteiger partial charge in [0.05, 0.1) is 131 Å². The molecule has 650 valence electrons. The SMILES string of the molecule is Brc1cccc(CCO[C@H]2CCCCC2N2CCOCC2)c1.COc1ccc(CCO[C@H]2CCCCC2N2CCOCC2)cc1OC.c1cc(CCO[C@H]2CCCCC2N2CCOCC2)c2ccsc2c1.c1ccc2c(CCO[C@H]3CCCCC3N3CCCC3)cccc2c1.c1ccc2c(CCO[C@H]3CCCCC3N3CCOCC3)csc2c1. The van der Waals surface area contributed by atoms with Gasteiger partial charge in [0, 0.05) is 96.4 Å². The lowest BCUT2D eigenvalue weighted by Crippen LogP contribution is -2.51. The zero-order valence-corrected chi connectivity index (χ0v) is 75.1. The highest BCUT2D eigenvalue weighted by Crippen LogP contribution is 2.36. The highest BCUT2D eigenvalue weighted by Gasteiger charge is 2.37. The van der Waals surface area contributed by atoms with E-state index in [0.717, 1.165) is 186 Å². The van der Waals surface area contributed by atoms with Gasteiger partial charge in [-0.2, -0.15) is 0 Å². The molecule has 5 saturated heterocycles. The van der Waals surface area contributed by atoms with Crippen molar-refractivity contribution in [2.75, 3.05) is 166 Å². The third-order valence-electron chi connectivity index (χ3n) is 26.9. The lowest BCUT2D eigenvalue weighted by Gasteiger charge is -2.41. The van der Waals surface area contributed by atoms with Crippen LogP contribution in [0.15, 0.2) is 149 Å². The second kappa shape index (κ2) is 49.6. The summed E-state index contributed by atoms with van der Waals surface area (Å²) in [4.78, 5) is 13.1. The molecule has 5 aliphatic carbocycles. The highest BCUT2D eigenvalue weighted by molar-refractivity contribution is 9.10. The molecule has 8 aromatic rings. The van der Waals surface area contributed by atoms with Crippen molar-refractivity contribution in [2.24, 2.45) is 0 Å². The molecule has 2 aromatic heterocycles. The van der Waals surface area contributed by atoms with Crippen molar-refractivity contribution in [1.82, 2.24) is 24.5 Å². The smallest absolute Gasteiger partial charge is 0.160 e. The summed E-state index contributed by atoms with van der Waals surface area (Å²) in [6.45, 7) is 22.1. The Labute approximate surface area is 728 Å². The number of hydrogen-bond acceptors (Lipinski definition) is 18. The summed E-state index contributed by atoms with van der Waals surface area (Å²) in [7, 11) is 3.34. The molecule has 5 aliphatic heterocycles. The molecule has 7 heterocycles. The summed E-state index contributed by atoms with van der Waals surface area (Å²) in [5.41, 5.74) is 6.84. The fourth-order valence-corrected chi connectivity index (χ4v) is 22.8. The van der Waals surface area contributed by atoms with E-state index in [2.05, 4.69) is 173 Å². The summed E-state index contributed by atoms with van der Waals surface area (Å²) in [5.74, 6) is 1.55. The fourth-order valence-electron chi connectivity index (χ4n) is 20.5. The Bertz CT molecular complexity index is 4170. The van der Waals surface area contributed by atoms with Crippen LogP contribution in [-0.4, -0.2) is 251 Å². The largest absolute Gasteiger partial charge is 0.493 e. The van der Waals surface area contributed by atoms with Crippen LogP contribution >= 0.6 is 38.6 Å². The Hall–Kier alpha value is -4.98. The molecule has 0 radical (unpaired) electrons. The third kappa shape index (κ3) is 27.0. The second-order valence-corrected chi connectivity index (χ2v) is 37.1. The van der Waals surface area contributed by atoms with Crippen molar-refractivity contribution in [3.05, 3.63) is 177 Å². The Morgan fingerprint density at radius 2 is 0.681 bits per heavy atom. The molecule has 0 bridgehead atoms. The minimum absolute atomic E-state index is 0.354. The van der Waals surface area contributed by atoms with E-state index >= 15 is 0 Å². The number of rotatable bonds is 27. The maximum atomic E-state index is 6.42. The van der Waals surface area contributed by atoms with E-state index in [1.165, 1.54) is 213 Å². The number of halogens is 1.